The number of rotatable bonds is 2. The first kappa shape index (κ1) is 9.94. The molecule has 0 aliphatic carbocycles. The van der Waals surface area contributed by atoms with Gasteiger partial charge in [-0.3, -0.25) is 4.99 Å². The van der Waals surface area contributed by atoms with E-state index in [4.69, 9.17) is 5.73 Å². The van der Waals surface area contributed by atoms with E-state index in [2.05, 4.69) is 29.4 Å². The van der Waals surface area contributed by atoms with Crippen LogP contribution in [-0.2, 0) is 0 Å². The van der Waals surface area contributed by atoms with Gasteiger partial charge in [0.1, 0.15) is 0 Å². The zero-order chi connectivity index (χ0) is 8.85. The van der Waals surface area contributed by atoms with E-state index in [1.54, 1.807) is 7.05 Å². The molecule has 0 aliphatic heterocycles. The molecule has 11 heavy (non-hydrogen) atoms. The molecule has 0 rings (SSSR count). The van der Waals surface area contributed by atoms with Crippen LogP contribution in [0.5, 0.6) is 0 Å². The van der Waals surface area contributed by atoms with E-state index in [0.29, 0.717) is 11.9 Å². The molecule has 0 aromatic carbocycles. The van der Waals surface area contributed by atoms with Crippen LogP contribution in [0.3, 0.4) is 0 Å². The maximum absolute atomic E-state index is 5.35. The third kappa shape index (κ3) is 4.36. The molecule has 0 unspecified atom stereocenters. The molecule has 0 atom stereocenters. The van der Waals surface area contributed by atoms with Gasteiger partial charge in [-0.25, -0.2) is 5.43 Å². The first-order chi connectivity index (χ1) is 5.07. The summed E-state index contributed by atoms with van der Waals surface area (Å²) in [5, 5.41) is 4.01. The number of nitrogens with one attached hydrogen (secondary N) is 1. The number of hydrogen-bond donors (Lipinski definition) is 2. The molecule has 4 nitrogen and oxygen atoms in total. The van der Waals surface area contributed by atoms with Crippen LogP contribution in [0.25, 0.3) is 0 Å². The van der Waals surface area contributed by atoms with Crippen LogP contribution in [-0.4, -0.2) is 18.7 Å². The van der Waals surface area contributed by atoms with Crippen molar-refractivity contribution in [1.29, 1.82) is 0 Å². The highest BCUT2D eigenvalue weighted by Crippen LogP contribution is 1.93. The fourth-order valence-corrected chi connectivity index (χ4v) is 0.325. The average molecular weight is 156 g/mol. The molecule has 3 N–H and O–H groups in total. The highest BCUT2D eigenvalue weighted by atomic mass is 15.4. The van der Waals surface area contributed by atoms with E-state index in [1.807, 2.05) is 6.92 Å². The zero-order valence-electron chi connectivity index (χ0n) is 7.55. The van der Waals surface area contributed by atoms with Gasteiger partial charge in [-0.15, -0.1) is 0 Å². The van der Waals surface area contributed by atoms with Crippen molar-refractivity contribution in [2.24, 2.45) is 21.7 Å². The molecular weight excluding hydrogens is 140 g/mol. The molecule has 4 heteroatoms. The van der Waals surface area contributed by atoms with Gasteiger partial charge in [0, 0.05) is 12.8 Å². The molecular formula is C7H16N4. The van der Waals surface area contributed by atoms with Gasteiger partial charge in [0.05, 0.1) is 0 Å². The minimum absolute atomic E-state index is 0.338. The first-order valence-corrected chi connectivity index (χ1v) is 3.60. The van der Waals surface area contributed by atoms with Crippen molar-refractivity contribution in [3.8, 4) is 0 Å². The quantitative estimate of drug-likeness (QED) is 0.348. The number of hydrogen-bond acceptors (Lipinski definition) is 2. The van der Waals surface area contributed by atoms with E-state index in [1.165, 1.54) is 0 Å². The molecule has 0 aliphatic rings. The predicted molar refractivity (Wildman–Crippen MR) is 48.6 cm³/mol. The van der Waals surface area contributed by atoms with Gasteiger partial charge < -0.3 is 5.73 Å². The van der Waals surface area contributed by atoms with Gasteiger partial charge >= 0.3 is 0 Å². The van der Waals surface area contributed by atoms with Crippen molar-refractivity contribution in [3.05, 3.63) is 0 Å². The summed E-state index contributed by atoms with van der Waals surface area (Å²) in [6, 6.07) is 0. The van der Waals surface area contributed by atoms with E-state index in [-0.39, 0.29) is 0 Å². The first-order valence-electron chi connectivity index (χ1n) is 3.60. The SMILES string of the molecule is CN=C(N)N/N=C(\C)C(C)C. The lowest BCUT2D eigenvalue weighted by Crippen LogP contribution is -2.28. The highest BCUT2D eigenvalue weighted by molar-refractivity contribution is 5.86. The Morgan fingerprint density at radius 2 is 2.00 bits per heavy atom. The van der Waals surface area contributed by atoms with E-state index in [0.717, 1.165) is 5.71 Å². The average Bonchev–Trinajstić information content (AvgIpc) is 1.99. The summed E-state index contributed by atoms with van der Waals surface area (Å²) in [5.74, 6) is 0.775. The standard InChI is InChI=1S/C7H16N4/c1-5(2)6(3)10-11-7(8)9-4/h5H,1-4H3,(H3,8,9,11)/b10-6+. The van der Waals surface area contributed by atoms with E-state index >= 15 is 0 Å². The van der Waals surface area contributed by atoms with Crippen molar-refractivity contribution in [1.82, 2.24) is 5.43 Å². The lowest BCUT2D eigenvalue weighted by Gasteiger charge is -2.03. The van der Waals surface area contributed by atoms with Crippen molar-refractivity contribution >= 4 is 11.7 Å². The summed E-state index contributed by atoms with van der Waals surface area (Å²) in [6.45, 7) is 6.08. The third-order valence-electron chi connectivity index (χ3n) is 1.42. The van der Waals surface area contributed by atoms with Crippen molar-refractivity contribution in [2.75, 3.05) is 7.05 Å². The third-order valence-corrected chi connectivity index (χ3v) is 1.42. The number of guanidine groups is 1. The summed E-state index contributed by atoms with van der Waals surface area (Å²) in [5.41, 5.74) is 8.99. The predicted octanol–water partition coefficient (Wildman–Crippen LogP) is 0.552. The van der Waals surface area contributed by atoms with Crippen LogP contribution in [0, 0.1) is 5.92 Å². The number of nitrogens with zero attached hydrogens (tertiary/aromatic N) is 2. The van der Waals surface area contributed by atoms with Gasteiger partial charge in [-0.1, -0.05) is 13.8 Å². The molecule has 0 aromatic rings. The Morgan fingerprint density at radius 3 is 2.36 bits per heavy atom. The lowest BCUT2D eigenvalue weighted by molar-refractivity contribution is 0.850. The van der Waals surface area contributed by atoms with E-state index in [9.17, 15) is 0 Å². The summed E-state index contributed by atoms with van der Waals surface area (Å²) in [7, 11) is 1.61. The Labute approximate surface area is 67.6 Å². The van der Waals surface area contributed by atoms with Crippen LogP contribution in [0.15, 0.2) is 10.1 Å². The summed E-state index contributed by atoms with van der Waals surface area (Å²) >= 11 is 0. The molecule has 0 bridgehead atoms. The summed E-state index contributed by atoms with van der Waals surface area (Å²) < 4.78 is 0. The van der Waals surface area contributed by atoms with Crippen molar-refractivity contribution in [3.63, 3.8) is 0 Å². The van der Waals surface area contributed by atoms with Crippen LogP contribution in [0.4, 0.5) is 0 Å². The highest BCUT2D eigenvalue weighted by Gasteiger charge is 1.96. The van der Waals surface area contributed by atoms with Gasteiger partial charge in [0.25, 0.3) is 0 Å². The van der Waals surface area contributed by atoms with Crippen LogP contribution in [0.1, 0.15) is 20.8 Å². The van der Waals surface area contributed by atoms with E-state index < -0.39 is 0 Å². The van der Waals surface area contributed by atoms with Gasteiger partial charge in [-0.05, 0) is 12.8 Å². The Kier molecular flexibility index (Phi) is 4.26. The molecule has 0 spiro atoms. The molecule has 64 valence electrons. The molecule has 0 aromatic heterocycles. The molecule has 0 saturated carbocycles. The normalized spacial score (nSPS) is 13.9. The number of hydrazone groups is 1. The largest absolute Gasteiger partial charge is 0.369 e. The van der Waals surface area contributed by atoms with Gasteiger partial charge in [0.2, 0.25) is 5.96 Å². The lowest BCUT2D eigenvalue weighted by atomic mass is 10.1. The van der Waals surface area contributed by atoms with Gasteiger partial charge in [0.15, 0.2) is 0 Å². The summed E-state index contributed by atoms with van der Waals surface area (Å²) in [4.78, 5) is 3.70. The Morgan fingerprint density at radius 1 is 1.45 bits per heavy atom. The molecule has 0 fully saturated rings. The van der Waals surface area contributed by atoms with Crippen molar-refractivity contribution < 1.29 is 0 Å². The summed E-state index contributed by atoms with van der Waals surface area (Å²) in [6.07, 6.45) is 0. The minimum atomic E-state index is 0.338. The topological polar surface area (TPSA) is 62.8 Å². The molecule has 0 amide bonds. The molecule has 0 heterocycles. The molecule has 0 radical (unpaired) electrons. The Bertz CT molecular complexity index is 169. The monoisotopic (exact) mass is 156 g/mol. The van der Waals surface area contributed by atoms with Crippen molar-refractivity contribution in [2.45, 2.75) is 20.8 Å². The Hall–Kier alpha value is -1.06. The molecule has 0 saturated heterocycles. The second-order valence-corrected chi connectivity index (χ2v) is 2.63. The fourth-order valence-electron chi connectivity index (χ4n) is 0.325. The zero-order valence-corrected chi connectivity index (χ0v) is 7.55. The maximum Gasteiger partial charge on any atom is 0.209 e. The number of aliphatic imine (C=N–C) groups is 1. The number of nitrogens with two attached hydrogens (primary N) is 1. The second kappa shape index (κ2) is 4.71. The van der Waals surface area contributed by atoms with Gasteiger partial charge in [-0.2, -0.15) is 5.10 Å². The van der Waals surface area contributed by atoms with Crippen LogP contribution < -0.4 is 11.2 Å². The van der Waals surface area contributed by atoms with Crippen LogP contribution >= 0.6 is 0 Å². The Balaban J connectivity index is 3.92. The smallest absolute Gasteiger partial charge is 0.209 e. The second-order valence-electron chi connectivity index (χ2n) is 2.63. The minimum Gasteiger partial charge on any atom is -0.369 e. The van der Waals surface area contributed by atoms with Crippen LogP contribution in [0.2, 0.25) is 0 Å². The maximum atomic E-state index is 5.35. The fraction of sp³-hybridized carbons (Fsp3) is 0.714.